The zero-order chi connectivity index (χ0) is 23.8. The zero-order valence-corrected chi connectivity index (χ0v) is 17.6. The van der Waals surface area contributed by atoms with Gasteiger partial charge in [-0.15, -0.1) is 0 Å². The van der Waals surface area contributed by atoms with Crippen LogP contribution in [-0.2, 0) is 24.0 Å². The zero-order valence-electron chi connectivity index (χ0n) is 17.6. The quantitative estimate of drug-likeness (QED) is 0.729. The van der Waals surface area contributed by atoms with E-state index in [-0.39, 0.29) is 29.3 Å². The Balaban J connectivity index is 1.59. The number of aromatic nitrogens is 1. The first-order valence-electron chi connectivity index (χ1n) is 10.5. The third-order valence-corrected chi connectivity index (χ3v) is 6.06. The Morgan fingerprint density at radius 2 is 1.82 bits per heavy atom. The fourth-order valence-electron chi connectivity index (χ4n) is 4.48. The third kappa shape index (κ3) is 4.39. The number of primary amides is 1. The molecule has 2 aromatic rings. The topological polar surface area (TPSA) is 113 Å². The molecule has 4 rings (SSSR count). The van der Waals surface area contributed by atoms with Crippen LogP contribution in [0.15, 0.2) is 24.3 Å². The minimum atomic E-state index is -4.47. The van der Waals surface area contributed by atoms with Gasteiger partial charge in [-0.25, -0.2) is 4.79 Å². The molecule has 2 aliphatic heterocycles. The van der Waals surface area contributed by atoms with E-state index in [9.17, 15) is 28.0 Å². The standard InChI is InChI=1S/C22H22F3N5O3/c23-22(24,25)14-1-3-15(4-2-14)28-21(32)29-7-8-30-17(12-29)18(20(27)31)16(11-26)19(30)13-5-9-33-10-6-13/h1-4,13H,5-10,12H2,(H2,27,31)(H,28,32). The van der Waals surface area contributed by atoms with Crippen molar-refractivity contribution in [2.75, 3.05) is 25.1 Å². The molecule has 1 aromatic carbocycles. The number of nitrogens with one attached hydrogen (secondary N) is 1. The number of nitrogens with zero attached hydrogens (tertiary/aromatic N) is 3. The van der Waals surface area contributed by atoms with Gasteiger partial charge in [0, 0.05) is 43.6 Å². The number of urea groups is 1. The summed E-state index contributed by atoms with van der Waals surface area (Å²) in [5, 5.41) is 12.4. The summed E-state index contributed by atoms with van der Waals surface area (Å²) in [4.78, 5) is 26.5. The molecule has 0 radical (unpaired) electrons. The molecule has 3 N–H and O–H groups in total. The maximum atomic E-state index is 12.8. The number of carbonyl (C=O) groups is 2. The smallest absolute Gasteiger partial charge is 0.381 e. The molecule has 0 aliphatic carbocycles. The normalized spacial score (nSPS) is 16.7. The molecule has 0 unspecified atom stereocenters. The van der Waals surface area contributed by atoms with Crippen molar-refractivity contribution < 1.29 is 27.5 Å². The van der Waals surface area contributed by atoms with Crippen LogP contribution in [0.5, 0.6) is 0 Å². The SMILES string of the molecule is N#Cc1c(C(N)=O)c2n(c1C1CCOCC1)CCN(C(=O)Nc1ccc(C(F)(F)F)cc1)C2. The molecule has 1 aromatic heterocycles. The number of nitrogens with two attached hydrogens (primary N) is 1. The summed E-state index contributed by atoms with van der Waals surface area (Å²) < 4.78 is 45.6. The number of amides is 3. The van der Waals surface area contributed by atoms with Crippen molar-refractivity contribution in [1.29, 1.82) is 5.26 Å². The van der Waals surface area contributed by atoms with Crippen LogP contribution < -0.4 is 11.1 Å². The van der Waals surface area contributed by atoms with Gasteiger partial charge in [0.05, 0.1) is 28.9 Å². The first kappa shape index (κ1) is 22.7. The maximum Gasteiger partial charge on any atom is 0.416 e. The molecule has 2 aliphatic rings. The minimum absolute atomic E-state index is 0.0443. The van der Waals surface area contributed by atoms with Gasteiger partial charge in [-0.05, 0) is 37.1 Å². The molecule has 33 heavy (non-hydrogen) atoms. The first-order valence-corrected chi connectivity index (χ1v) is 10.5. The highest BCUT2D eigenvalue weighted by molar-refractivity contribution is 5.98. The number of nitriles is 1. The van der Waals surface area contributed by atoms with Crippen LogP contribution in [0.25, 0.3) is 0 Å². The summed E-state index contributed by atoms with van der Waals surface area (Å²) in [5.74, 6) is -0.689. The molecule has 0 bridgehead atoms. The lowest BCUT2D eigenvalue weighted by Crippen LogP contribution is -2.41. The van der Waals surface area contributed by atoms with Crippen molar-refractivity contribution in [3.63, 3.8) is 0 Å². The summed E-state index contributed by atoms with van der Waals surface area (Å²) in [6.07, 6.45) is -3.03. The van der Waals surface area contributed by atoms with Crippen molar-refractivity contribution in [1.82, 2.24) is 9.47 Å². The number of fused-ring (bicyclic) bond motifs is 1. The van der Waals surface area contributed by atoms with Crippen molar-refractivity contribution in [3.05, 3.63) is 52.3 Å². The highest BCUT2D eigenvalue weighted by Gasteiger charge is 2.35. The van der Waals surface area contributed by atoms with Gasteiger partial charge in [-0.3, -0.25) is 4.79 Å². The molecule has 0 spiro atoms. The Labute approximate surface area is 187 Å². The van der Waals surface area contributed by atoms with Crippen LogP contribution in [-0.4, -0.2) is 41.2 Å². The molecule has 0 atom stereocenters. The lowest BCUT2D eigenvalue weighted by molar-refractivity contribution is -0.137. The molecular formula is C22H22F3N5O3. The number of carbonyl (C=O) groups excluding carboxylic acids is 2. The van der Waals surface area contributed by atoms with E-state index in [4.69, 9.17) is 10.5 Å². The van der Waals surface area contributed by atoms with Crippen LogP contribution in [0.2, 0.25) is 0 Å². The fraction of sp³-hybridized carbons (Fsp3) is 0.409. The minimum Gasteiger partial charge on any atom is -0.381 e. The molecule has 8 nitrogen and oxygen atoms in total. The molecule has 3 heterocycles. The van der Waals surface area contributed by atoms with Gasteiger partial charge in [0.1, 0.15) is 6.07 Å². The number of anilines is 1. The molecule has 1 saturated heterocycles. The van der Waals surface area contributed by atoms with Crippen LogP contribution in [0.3, 0.4) is 0 Å². The summed E-state index contributed by atoms with van der Waals surface area (Å²) in [6, 6.07) is 5.74. The van der Waals surface area contributed by atoms with Crippen molar-refractivity contribution in [2.24, 2.45) is 5.73 Å². The van der Waals surface area contributed by atoms with Gasteiger partial charge in [0.15, 0.2) is 0 Å². The molecule has 3 amide bonds. The lowest BCUT2D eigenvalue weighted by Gasteiger charge is -2.32. The number of rotatable bonds is 3. The van der Waals surface area contributed by atoms with Crippen molar-refractivity contribution >= 4 is 17.6 Å². The van der Waals surface area contributed by atoms with Gasteiger partial charge in [0.25, 0.3) is 5.91 Å². The summed E-state index contributed by atoms with van der Waals surface area (Å²) >= 11 is 0. The Kier molecular flexibility index (Phi) is 6.03. The van der Waals surface area contributed by atoms with Crippen LogP contribution in [0.4, 0.5) is 23.7 Å². The number of halogens is 3. The average molecular weight is 461 g/mol. The molecule has 11 heteroatoms. The predicted molar refractivity (Wildman–Crippen MR) is 111 cm³/mol. The number of hydrogen-bond donors (Lipinski definition) is 2. The van der Waals surface area contributed by atoms with Gasteiger partial charge in [-0.1, -0.05) is 0 Å². The van der Waals surface area contributed by atoms with Gasteiger partial charge in [0.2, 0.25) is 0 Å². The average Bonchev–Trinajstić information content (AvgIpc) is 3.13. The van der Waals surface area contributed by atoms with E-state index in [1.807, 2.05) is 4.57 Å². The summed E-state index contributed by atoms with van der Waals surface area (Å²) in [5.41, 5.74) is 6.63. The first-order chi connectivity index (χ1) is 15.7. The van der Waals surface area contributed by atoms with Gasteiger partial charge >= 0.3 is 12.2 Å². The number of hydrogen-bond acceptors (Lipinski definition) is 4. The summed E-state index contributed by atoms with van der Waals surface area (Å²) in [7, 11) is 0. The van der Waals surface area contributed by atoms with Gasteiger partial charge in [-0.2, -0.15) is 18.4 Å². The molecule has 174 valence electrons. The Bertz CT molecular complexity index is 1110. The van der Waals surface area contributed by atoms with Crippen LogP contribution in [0, 0.1) is 11.3 Å². The Morgan fingerprint density at radius 1 is 1.15 bits per heavy atom. The molecular weight excluding hydrogens is 439 g/mol. The number of alkyl halides is 3. The highest BCUT2D eigenvalue weighted by Crippen LogP contribution is 2.36. The maximum absolute atomic E-state index is 12.8. The predicted octanol–water partition coefficient (Wildman–Crippen LogP) is 3.42. The van der Waals surface area contributed by atoms with E-state index >= 15 is 0 Å². The number of ether oxygens (including phenoxy) is 1. The Morgan fingerprint density at radius 3 is 2.39 bits per heavy atom. The van der Waals surface area contributed by atoms with Gasteiger partial charge < -0.3 is 25.3 Å². The second kappa shape index (κ2) is 8.78. The Hall–Kier alpha value is -3.52. The summed E-state index contributed by atoms with van der Waals surface area (Å²) in [6.45, 7) is 1.83. The second-order valence-electron chi connectivity index (χ2n) is 8.02. The van der Waals surface area contributed by atoms with E-state index in [1.54, 1.807) is 0 Å². The van der Waals surface area contributed by atoms with Crippen LogP contribution >= 0.6 is 0 Å². The van der Waals surface area contributed by atoms with E-state index < -0.39 is 23.7 Å². The third-order valence-electron chi connectivity index (χ3n) is 6.06. The van der Waals surface area contributed by atoms with E-state index in [2.05, 4.69) is 11.4 Å². The highest BCUT2D eigenvalue weighted by atomic mass is 19.4. The van der Waals surface area contributed by atoms with E-state index in [1.165, 1.54) is 17.0 Å². The van der Waals surface area contributed by atoms with E-state index in [0.717, 1.165) is 17.8 Å². The molecule has 0 saturated carbocycles. The lowest BCUT2D eigenvalue weighted by atomic mass is 9.92. The van der Waals surface area contributed by atoms with Crippen molar-refractivity contribution in [3.8, 4) is 6.07 Å². The van der Waals surface area contributed by atoms with Crippen LogP contribution in [0.1, 0.15) is 51.6 Å². The monoisotopic (exact) mass is 461 g/mol. The fourth-order valence-corrected chi connectivity index (χ4v) is 4.48. The van der Waals surface area contributed by atoms with E-state index in [0.29, 0.717) is 44.8 Å². The number of benzene rings is 1. The second-order valence-corrected chi connectivity index (χ2v) is 8.02. The largest absolute Gasteiger partial charge is 0.416 e. The van der Waals surface area contributed by atoms with Crippen molar-refractivity contribution in [2.45, 2.75) is 38.0 Å². The molecule has 1 fully saturated rings.